The van der Waals surface area contributed by atoms with Gasteiger partial charge in [0, 0.05) is 29.8 Å². The van der Waals surface area contributed by atoms with Crippen molar-refractivity contribution in [2.75, 3.05) is 23.8 Å². The number of carbonyl (C=O) groups excluding carboxylic acids is 1. The van der Waals surface area contributed by atoms with Crippen molar-refractivity contribution < 1.29 is 18.3 Å². The number of fused-ring (bicyclic) bond motifs is 1. The number of primary amides is 1. The van der Waals surface area contributed by atoms with Crippen molar-refractivity contribution in [3.8, 4) is 0 Å². The average molecular weight is 492 g/mol. The van der Waals surface area contributed by atoms with Crippen molar-refractivity contribution in [3.63, 3.8) is 0 Å². The predicted molar refractivity (Wildman–Crippen MR) is 118 cm³/mol. The summed E-state index contributed by atoms with van der Waals surface area (Å²) in [5.41, 5.74) is 12.0. The van der Waals surface area contributed by atoms with Crippen molar-refractivity contribution >= 4 is 59.1 Å². The molecule has 0 radical (unpaired) electrons. The topological polar surface area (TPSA) is 159 Å². The molecule has 15 heteroatoms. The van der Waals surface area contributed by atoms with Crippen molar-refractivity contribution in [2.24, 2.45) is 11.5 Å². The third-order valence-corrected chi connectivity index (χ3v) is 4.68. The van der Waals surface area contributed by atoms with E-state index in [1.54, 1.807) is 12.1 Å². The molecular formula is C17H21Cl2F2N9O2. The number of carbonyl (C=O) groups is 1. The Kier molecular flexibility index (Phi) is 8.44. The minimum absolute atomic E-state index is 0. The van der Waals surface area contributed by atoms with E-state index in [0.29, 0.717) is 35.4 Å². The third-order valence-electron chi connectivity index (χ3n) is 4.68. The third kappa shape index (κ3) is 5.30. The molecule has 0 spiro atoms. The summed E-state index contributed by atoms with van der Waals surface area (Å²) < 4.78 is 31.9. The number of halogens is 4. The first kappa shape index (κ1) is 25.4. The summed E-state index contributed by atoms with van der Waals surface area (Å²) in [7, 11) is 0. The minimum atomic E-state index is -2.75. The summed E-state index contributed by atoms with van der Waals surface area (Å²) in [4.78, 5) is 16.0. The molecule has 1 fully saturated rings. The van der Waals surface area contributed by atoms with Gasteiger partial charge in [0.1, 0.15) is 0 Å². The lowest BCUT2D eigenvalue weighted by Crippen LogP contribution is -2.48. The fourth-order valence-electron chi connectivity index (χ4n) is 3.17. The molecule has 0 saturated carbocycles. The van der Waals surface area contributed by atoms with E-state index in [9.17, 15) is 13.6 Å². The molecule has 3 aromatic rings. The Hall–Kier alpha value is -2.87. The zero-order chi connectivity index (χ0) is 21.3. The van der Waals surface area contributed by atoms with Crippen LogP contribution >= 0.6 is 24.8 Å². The van der Waals surface area contributed by atoms with Crippen LogP contribution in [0.5, 0.6) is 0 Å². The molecule has 4 rings (SSSR count). The Labute approximate surface area is 193 Å². The van der Waals surface area contributed by atoms with E-state index < -0.39 is 12.5 Å². The molecular weight excluding hydrogens is 471 g/mol. The molecule has 0 bridgehead atoms. The van der Waals surface area contributed by atoms with Gasteiger partial charge in [-0.1, -0.05) is 0 Å². The van der Waals surface area contributed by atoms with Crippen LogP contribution in [0.3, 0.4) is 0 Å². The normalized spacial score (nSPS) is 18.0. The number of hydrogen-bond acceptors (Lipinski definition) is 9. The number of hydrogen-bond donors (Lipinski definition) is 4. The average Bonchev–Trinajstić information content (AvgIpc) is 3.13. The SMILES string of the molecule is Cl.Cl.NC(=O)c1nnc(N[C@@H]2CCOC[C@@H]2N)nc1Nc1ccc2c(cnn2C(F)F)c1. The second kappa shape index (κ2) is 10.6. The number of nitrogens with two attached hydrogens (primary N) is 2. The van der Waals surface area contributed by atoms with Crippen LogP contribution in [-0.4, -0.2) is 56.2 Å². The Balaban J connectivity index is 0.00000181. The summed E-state index contributed by atoms with van der Waals surface area (Å²) in [6.45, 7) is -1.80. The van der Waals surface area contributed by atoms with Crippen molar-refractivity contribution in [3.05, 3.63) is 30.1 Å². The highest BCUT2D eigenvalue weighted by Gasteiger charge is 2.24. The van der Waals surface area contributed by atoms with Gasteiger partial charge < -0.3 is 26.8 Å². The van der Waals surface area contributed by atoms with Crippen molar-refractivity contribution in [1.29, 1.82) is 0 Å². The van der Waals surface area contributed by atoms with Gasteiger partial charge in [0.15, 0.2) is 11.5 Å². The molecule has 0 aliphatic carbocycles. The first-order valence-corrected chi connectivity index (χ1v) is 9.09. The molecule has 1 amide bonds. The molecule has 1 saturated heterocycles. The van der Waals surface area contributed by atoms with Crippen LogP contribution in [0.25, 0.3) is 10.9 Å². The molecule has 6 N–H and O–H groups in total. The maximum Gasteiger partial charge on any atom is 0.333 e. The lowest BCUT2D eigenvalue weighted by Gasteiger charge is -2.29. The summed E-state index contributed by atoms with van der Waals surface area (Å²) in [5.74, 6) is -0.587. The lowest BCUT2D eigenvalue weighted by molar-refractivity contribution is 0.0615. The van der Waals surface area contributed by atoms with Gasteiger partial charge in [0.05, 0.1) is 18.3 Å². The molecule has 0 unspecified atom stereocenters. The van der Waals surface area contributed by atoms with Gasteiger partial charge in [-0.25, -0.2) is 4.68 Å². The highest BCUT2D eigenvalue weighted by atomic mass is 35.5. The summed E-state index contributed by atoms with van der Waals surface area (Å²) in [5, 5.41) is 17.9. The number of nitrogens with one attached hydrogen (secondary N) is 2. The van der Waals surface area contributed by atoms with Gasteiger partial charge in [0.2, 0.25) is 5.95 Å². The molecule has 32 heavy (non-hydrogen) atoms. The van der Waals surface area contributed by atoms with Gasteiger partial charge >= 0.3 is 6.55 Å². The van der Waals surface area contributed by atoms with Crippen LogP contribution in [0.2, 0.25) is 0 Å². The van der Waals surface area contributed by atoms with Gasteiger partial charge in [-0.3, -0.25) is 4.79 Å². The molecule has 1 aromatic carbocycles. The molecule has 1 aliphatic heterocycles. The second-order valence-corrected chi connectivity index (χ2v) is 6.74. The second-order valence-electron chi connectivity index (χ2n) is 6.74. The molecule has 1 aliphatic rings. The van der Waals surface area contributed by atoms with Gasteiger partial charge in [-0.2, -0.15) is 18.9 Å². The van der Waals surface area contributed by atoms with Crippen LogP contribution in [0, 0.1) is 0 Å². The van der Waals surface area contributed by atoms with Crippen LogP contribution in [0.1, 0.15) is 23.5 Å². The van der Waals surface area contributed by atoms with E-state index in [0.717, 1.165) is 0 Å². The fourth-order valence-corrected chi connectivity index (χ4v) is 3.17. The van der Waals surface area contributed by atoms with Crippen molar-refractivity contribution in [2.45, 2.75) is 25.1 Å². The Morgan fingerprint density at radius 3 is 2.75 bits per heavy atom. The maximum absolute atomic E-state index is 13.0. The van der Waals surface area contributed by atoms with Gasteiger partial charge in [0.25, 0.3) is 5.91 Å². The van der Waals surface area contributed by atoms with Gasteiger partial charge in [-0.05, 0) is 24.6 Å². The monoisotopic (exact) mass is 491 g/mol. The number of anilines is 3. The standard InChI is InChI=1S/C17H19F2N9O2.2ClH/c18-16(19)28-12-2-1-9(5-8(12)6-22-28)23-15-13(14(21)29)26-27-17(25-15)24-11-3-4-30-7-10(11)20;;/h1-2,5-6,10-11,16H,3-4,7,20H2,(H2,21,29)(H2,23,24,25,27);2*1H/t10-,11+;;/m0../s1. The number of amides is 1. The van der Waals surface area contributed by atoms with Crippen LogP contribution < -0.4 is 22.1 Å². The molecule has 2 atom stereocenters. The van der Waals surface area contributed by atoms with E-state index >= 15 is 0 Å². The number of ether oxygens (including phenoxy) is 1. The summed E-state index contributed by atoms with van der Waals surface area (Å²) in [6, 6.07) is 4.26. The largest absolute Gasteiger partial charge is 0.380 e. The maximum atomic E-state index is 13.0. The van der Waals surface area contributed by atoms with E-state index in [-0.39, 0.29) is 59.9 Å². The molecule has 11 nitrogen and oxygen atoms in total. The first-order valence-electron chi connectivity index (χ1n) is 9.09. The van der Waals surface area contributed by atoms with Crippen LogP contribution in [0.4, 0.5) is 26.2 Å². The fraction of sp³-hybridized carbons (Fsp3) is 0.353. The number of benzene rings is 1. The smallest absolute Gasteiger partial charge is 0.333 e. The highest BCUT2D eigenvalue weighted by Crippen LogP contribution is 2.25. The van der Waals surface area contributed by atoms with E-state index in [1.807, 2.05) is 0 Å². The van der Waals surface area contributed by atoms with Gasteiger partial charge in [-0.15, -0.1) is 35.0 Å². The summed E-state index contributed by atoms with van der Waals surface area (Å²) >= 11 is 0. The first-order chi connectivity index (χ1) is 14.4. The van der Waals surface area contributed by atoms with E-state index in [4.69, 9.17) is 16.2 Å². The Morgan fingerprint density at radius 2 is 2.06 bits per heavy atom. The predicted octanol–water partition coefficient (Wildman–Crippen LogP) is 1.83. The molecule has 2 aromatic heterocycles. The van der Waals surface area contributed by atoms with Crippen LogP contribution in [-0.2, 0) is 4.74 Å². The number of alkyl halides is 2. The molecule has 174 valence electrons. The summed E-state index contributed by atoms with van der Waals surface area (Å²) in [6.07, 6.45) is 1.98. The molecule has 3 heterocycles. The zero-order valence-electron chi connectivity index (χ0n) is 16.4. The minimum Gasteiger partial charge on any atom is -0.380 e. The zero-order valence-corrected chi connectivity index (χ0v) is 18.1. The Morgan fingerprint density at radius 1 is 1.28 bits per heavy atom. The van der Waals surface area contributed by atoms with E-state index in [2.05, 4.69) is 30.9 Å². The van der Waals surface area contributed by atoms with Crippen molar-refractivity contribution in [1.82, 2.24) is 25.0 Å². The number of aromatic nitrogens is 5. The van der Waals surface area contributed by atoms with Crippen LogP contribution in [0.15, 0.2) is 24.4 Å². The van der Waals surface area contributed by atoms with E-state index in [1.165, 1.54) is 12.3 Å². The lowest BCUT2D eigenvalue weighted by atomic mass is 10.1. The number of rotatable bonds is 6. The number of nitrogens with zero attached hydrogens (tertiary/aromatic N) is 5. The quantitative estimate of drug-likeness (QED) is 0.403. The highest BCUT2D eigenvalue weighted by molar-refractivity contribution is 5.96. The Bertz CT molecular complexity index is 1090.